The molecule has 9 heteroatoms. The average molecular weight is 485 g/mol. The number of nitrogens with zero attached hydrogens (tertiary/aromatic N) is 3. The van der Waals surface area contributed by atoms with Crippen LogP contribution < -0.4 is 5.32 Å². The van der Waals surface area contributed by atoms with Crippen molar-refractivity contribution >= 4 is 36.9 Å². The summed E-state index contributed by atoms with van der Waals surface area (Å²) in [5.41, 5.74) is 1.83. The Balaban J connectivity index is 0.00000300. The lowest BCUT2D eigenvalue weighted by Crippen LogP contribution is -2.26. The summed E-state index contributed by atoms with van der Waals surface area (Å²) in [6.45, 7) is 2.31. The quantitative estimate of drug-likeness (QED) is 0.553. The summed E-state index contributed by atoms with van der Waals surface area (Å²) in [6.07, 6.45) is 1.07. The van der Waals surface area contributed by atoms with Crippen LogP contribution in [-0.2, 0) is 16.6 Å². The second-order valence-electron chi connectivity index (χ2n) is 6.77. The lowest BCUT2D eigenvalue weighted by Gasteiger charge is -2.16. The van der Waals surface area contributed by atoms with E-state index >= 15 is 0 Å². The van der Waals surface area contributed by atoms with E-state index in [0.717, 1.165) is 33.5 Å². The molecule has 0 unspecified atom stereocenters. The molecule has 0 amide bonds. The van der Waals surface area contributed by atoms with Crippen LogP contribution in [-0.4, -0.2) is 55.9 Å². The largest absolute Gasteiger partial charge is 0.318 e. The lowest BCUT2D eigenvalue weighted by molar-refractivity contribution is 0.327. The molecule has 0 fully saturated rings. The van der Waals surface area contributed by atoms with Gasteiger partial charge in [0, 0.05) is 35.1 Å². The predicted octanol–water partition coefficient (Wildman–Crippen LogP) is 3.70. The van der Waals surface area contributed by atoms with Crippen molar-refractivity contribution in [1.82, 2.24) is 19.4 Å². The van der Waals surface area contributed by atoms with Gasteiger partial charge in [-0.1, -0.05) is 29.4 Å². The molecule has 158 valence electrons. The molecule has 1 N–H and O–H groups in total. The lowest BCUT2D eigenvalue weighted by atomic mass is 10.0. The molecule has 6 nitrogen and oxygen atoms in total. The first-order valence-corrected chi connectivity index (χ1v) is 11.4. The summed E-state index contributed by atoms with van der Waals surface area (Å²) in [4.78, 5) is 2.09. The summed E-state index contributed by atoms with van der Waals surface area (Å²) in [7, 11) is 0.235. The fourth-order valence-corrected chi connectivity index (χ4v) is 4.14. The van der Waals surface area contributed by atoms with Gasteiger partial charge in [0.05, 0.1) is 11.8 Å². The maximum Gasteiger partial charge on any atom is 0.251 e. The zero-order valence-corrected chi connectivity index (χ0v) is 18.3. The molecular formula is C20H26BrFN4O2S. The SMILES string of the molecule is C.CNCCN(C)Cc1ccc(-c2nn(S(C)(=O)=O)c3cc(Br)ccc23)c(F)c1. The van der Waals surface area contributed by atoms with Crippen molar-refractivity contribution in [2.45, 2.75) is 14.0 Å². The Hall–Kier alpha value is -1.81. The van der Waals surface area contributed by atoms with Crippen LogP contribution in [0.3, 0.4) is 0 Å². The number of benzene rings is 2. The van der Waals surface area contributed by atoms with Gasteiger partial charge in [-0.25, -0.2) is 12.8 Å². The van der Waals surface area contributed by atoms with Gasteiger partial charge < -0.3 is 10.2 Å². The molecule has 0 aliphatic heterocycles. The summed E-state index contributed by atoms with van der Waals surface area (Å²) in [6, 6.07) is 10.2. The molecule has 0 aliphatic carbocycles. The highest BCUT2D eigenvalue weighted by atomic mass is 79.9. The Labute approximate surface area is 179 Å². The van der Waals surface area contributed by atoms with E-state index in [1.54, 1.807) is 24.3 Å². The molecule has 29 heavy (non-hydrogen) atoms. The molecular weight excluding hydrogens is 459 g/mol. The van der Waals surface area contributed by atoms with Crippen LogP contribution in [0.25, 0.3) is 22.2 Å². The topological polar surface area (TPSA) is 67.2 Å². The number of rotatable bonds is 7. The fraction of sp³-hybridized carbons (Fsp3) is 0.350. The maximum absolute atomic E-state index is 14.9. The van der Waals surface area contributed by atoms with Crippen LogP contribution in [0.1, 0.15) is 13.0 Å². The van der Waals surface area contributed by atoms with Crippen molar-refractivity contribution in [3.05, 3.63) is 52.3 Å². The van der Waals surface area contributed by atoms with Crippen LogP contribution >= 0.6 is 15.9 Å². The molecule has 0 spiro atoms. The van der Waals surface area contributed by atoms with Gasteiger partial charge in [0.25, 0.3) is 10.0 Å². The normalized spacial score (nSPS) is 11.8. The molecule has 0 radical (unpaired) electrons. The minimum absolute atomic E-state index is 0. The first kappa shape index (κ1) is 23.5. The van der Waals surface area contributed by atoms with Crippen LogP contribution in [0.15, 0.2) is 40.9 Å². The van der Waals surface area contributed by atoms with E-state index in [0.29, 0.717) is 23.1 Å². The van der Waals surface area contributed by atoms with Crippen LogP contribution in [0.2, 0.25) is 0 Å². The van der Waals surface area contributed by atoms with E-state index in [9.17, 15) is 12.8 Å². The Bertz CT molecular complexity index is 1120. The van der Waals surface area contributed by atoms with Crippen LogP contribution in [0, 0.1) is 5.82 Å². The zero-order valence-electron chi connectivity index (χ0n) is 15.9. The van der Waals surface area contributed by atoms with Gasteiger partial charge in [-0.2, -0.15) is 9.19 Å². The molecule has 3 aromatic rings. The minimum Gasteiger partial charge on any atom is -0.318 e. The third kappa shape index (κ3) is 5.22. The summed E-state index contributed by atoms with van der Waals surface area (Å²) < 4.78 is 40.8. The number of aromatic nitrogens is 2. The molecule has 0 bridgehead atoms. The van der Waals surface area contributed by atoms with E-state index in [4.69, 9.17) is 0 Å². The van der Waals surface area contributed by atoms with Gasteiger partial charge in [-0.3, -0.25) is 0 Å². The van der Waals surface area contributed by atoms with Crippen molar-refractivity contribution in [3.8, 4) is 11.3 Å². The molecule has 3 rings (SSSR count). The second kappa shape index (κ2) is 9.34. The number of hydrogen-bond donors (Lipinski definition) is 1. The maximum atomic E-state index is 14.9. The first-order chi connectivity index (χ1) is 13.2. The fourth-order valence-electron chi connectivity index (χ4n) is 3.06. The van der Waals surface area contributed by atoms with E-state index < -0.39 is 15.8 Å². The van der Waals surface area contributed by atoms with E-state index in [2.05, 4.69) is 31.2 Å². The van der Waals surface area contributed by atoms with Crippen LogP contribution in [0.5, 0.6) is 0 Å². The molecule has 0 aliphatic rings. The number of likely N-dealkylation sites (N-methyl/N-ethyl adjacent to an activating group) is 2. The van der Waals surface area contributed by atoms with Gasteiger partial charge in [-0.15, -0.1) is 0 Å². The first-order valence-electron chi connectivity index (χ1n) is 8.71. The van der Waals surface area contributed by atoms with Crippen LogP contribution in [0.4, 0.5) is 4.39 Å². The van der Waals surface area contributed by atoms with Gasteiger partial charge in [0.15, 0.2) is 0 Å². The Morgan fingerprint density at radius 1 is 1.24 bits per heavy atom. The number of fused-ring (bicyclic) bond motifs is 1. The van der Waals surface area contributed by atoms with Gasteiger partial charge in [0.1, 0.15) is 11.5 Å². The summed E-state index contributed by atoms with van der Waals surface area (Å²) in [5.74, 6) is -0.428. The van der Waals surface area contributed by atoms with E-state index in [1.165, 1.54) is 6.07 Å². The average Bonchev–Trinajstić information content (AvgIpc) is 2.99. The molecule has 2 aromatic carbocycles. The molecule has 0 saturated carbocycles. The zero-order chi connectivity index (χ0) is 20.5. The number of nitrogens with one attached hydrogen (secondary N) is 1. The number of hydrogen-bond acceptors (Lipinski definition) is 5. The highest BCUT2D eigenvalue weighted by Gasteiger charge is 2.20. The van der Waals surface area contributed by atoms with Gasteiger partial charge >= 0.3 is 0 Å². The second-order valence-corrected chi connectivity index (χ2v) is 9.50. The highest BCUT2D eigenvalue weighted by Crippen LogP contribution is 2.32. The Morgan fingerprint density at radius 2 is 1.97 bits per heavy atom. The van der Waals surface area contributed by atoms with Crippen molar-refractivity contribution in [3.63, 3.8) is 0 Å². The number of halogens is 2. The monoisotopic (exact) mass is 484 g/mol. The van der Waals surface area contributed by atoms with Crippen molar-refractivity contribution in [1.29, 1.82) is 0 Å². The van der Waals surface area contributed by atoms with Gasteiger partial charge in [-0.05, 0) is 50.0 Å². The van der Waals surface area contributed by atoms with Crippen molar-refractivity contribution in [2.24, 2.45) is 0 Å². The van der Waals surface area contributed by atoms with E-state index in [-0.39, 0.29) is 13.0 Å². The third-order valence-electron chi connectivity index (χ3n) is 4.41. The Kier molecular flexibility index (Phi) is 7.56. The van der Waals surface area contributed by atoms with Crippen molar-refractivity contribution < 1.29 is 12.8 Å². The molecule has 1 aromatic heterocycles. The standard InChI is InChI=1S/C19H22BrFN4O2S.CH4/c1-22-8-9-24(2)12-13-4-6-15(17(21)10-13)19-16-7-5-14(20)11-18(16)25(23-19)28(3,26)27;/h4-7,10-11,22H,8-9,12H2,1-3H3;1H4. The molecule has 0 saturated heterocycles. The van der Waals surface area contributed by atoms with E-state index in [1.807, 2.05) is 20.2 Å². The summed E-state index contributed by atoms with van der Waals surface area (Å²) in [5, 5.41) is 7.87. The third-order valence-corrected chi connectivity index (χ3v) is 5.81. The highest BCUT2D eigenvalue weighted by molar-refractivity contribution is 9.10. The summed E-state index contributed by atoms with van der Waals surface area (Å²) >= 11 is 3.34. The Morgan fingerprint density at radius 3 is 2.59 bits per heavy atom. The molecule has 1 heterocycles. The van der Waals surface area contributed by atoms with Crippen molar-refractivity contribution in [2.75, 3.05) is 33.4 Å². The van der Waals surface area contributed by atoms with Gasteiger partial charge in [0.2, 0.25) is 0 Å². The molecule has 0 atom stereocenters. The smallest absolute Gasteiger partial charge is 0.251 e. The predicted molar refractivity (Wildman–Crippen MR) is 120 cm³/mol. The minimum atomic E-state index is -3.63.